The van der Waals surface area contributed by atoms with Crippen molar-refractivity contribution in [2.45, 2.75) is 24.6 Å². The molecule has 1 aromatic heterocycles. The van der Waals surface area contributed by atoms with Crippen molar-refractivity contribution >= 4 is 50.5 Å². The van der Waals surface area contributed by atoms with Crippen LogP contribution >= 0.6 is 50.5 Å². The van der Waals surface area contributed by atoms with Gasteiger partial charge in [-0.3, -0.25) is 0 Å². The molecule has 1 unspecified atom stereocenters. The zero-order chi connectivity index (χ0) is 9.42. The van der Waals surface area contributed by atoms with Gasteiger partial charge in [0, 0.05) is 9.35 Å². The van der Waals surface area contributed by atoms with Crippen LogP contribution in [-0.2, 0) is 0 Å². The average Bonchev–Trinajstić information content (AvgIpc) is 2.28. The monoisotopic (exact) mass is 298 g/mol. The molecule has 13 heavy (non-hydrogen) atoms. The molecule has 0 saturated heterocycles. The first kappa shape index (κ1) is 10.3. The molecule has 1 fully saturated rings. The first-order valence-corrected chi connectivity index (χ1v) is 6.69. The fourth-order valence-electron chi connectivity index (χ4n) is 1.46. The second-order valence-corrected chi connectivity index (χ2v) is 6.37. The molecule has 4 heteroatoms. The van der Waals surface area contributed by atoms with E-state index in [0.29, 0.717) is 5.92 Å². The Morgan fingerprint density at radius 3 is 2.62 bits per heavy atom. The van der Waals surface area contributed by atoms with E-state index < -0.39 is 0 Å². The smallest absolute Gasteiger partial charge is 0.107 e. The molecule has 0 spiro atoms. The minimum Gasteiger partial charge on any atom is -0.126 e. The number of thiophene rings is 1. The molecule has 1 aliphatic carbocycles. The van der Waals surface area contributed by atoms with Gasteiger partial charge in [-0.25, -0.2) is 0 Å². The highest BCUT2D eigenvalue weighted by atomic mass is 79.9. The maximum Gasteiger partial charge on any atom is 0.107 e. The van der Waals surface area contributed by atoms with Gasteiger partial charge in [0.25, 0.3) is 0 Å². The summed E-state index contributed by atoms with van der Waals surface area (Å²) in [5.41, 5.74) is 0. The van der Waals surface area contributed by atoms with E-state index in [-0.39, 0.29) is 5.38 Å². The van der Waals surface area contributed by atoms with Gasteiger partial charge < -0.3 is 0 Å². The standard InChI is InChI=1S/C9H9BrCl2S/c10-6-4-7(13-9(6)12)8(11)5-2-1-3-5/h4-5,8H,1-3H2. The Hall–Kier alpha value is 0.760. The lowest BCUT2D eigenvalue weighted by molar-refractivity contribution is 0.307. The van der Waals surface area contributed by atoms with E-state index in [1.54, 1.807) is 11.3 Å². The average molecular weight is 300 g/mol. The van der Waals surface area contributed by atoms with E-state index in [1.807, 2.05) is 6.07 Å². The Morgan fingerprint density at radius 1 is 1.54 bits per heavy atom. The van der Waals surface area contributed by atoms with Crippen LogP contribution in [0.15, 0.2) is 10.5 Å². The largest absolute Gasteiger partial charge is 0.126 e. The van der Waals surface area contributed by atoms with Gasteiger partial charge in [-0.15, -0.1) is 22.9 Å². The quantitative estimate of drug-likeness (QED) is 0.655. The van der Waals surface area contributed by atoms with Crippen LogP contribution in [0.1, 0.15) is 29.5 Å². The van der Waals surface area contributed by atoms with Gasteiger partial charge in [-0.1, -0.05) is 18.0 Å². The summed E-state index contributed by atoms with van der Waals surface area (Å²) in [6.07, 6.45) is 3.86. The molecule has 1 saturated carbocycles. The molecule has 0 bridgehead atoms. The molecule has 0 N–H and O–H groups in total. The van der Waals surface area contributed by atoms with Crippen LogP contribution in [0.25, 0.3) is 0 Å². The Morgan fingerprint density at radius 2 is 2.23 bits per heavy atom. The van der Waals surface area contributed by atoms with Gasteiger partial charge in [0.05, 0.1) is 5.38 Å². The van der Waals surface area contributed by atoms with Crippen molar-refractivity contribution < 1.29 is 0 Å². The summed E-state index contributed by atoms with van der Waals surface area (Å²) in [7, 11) is 0. The molecule has 1 aromatic rings. The highest BCUT2D eigenvalue weighted by Crippen LogP contribution is 2.46. The van der Waals surface area contributed by atoms with Gasteiger partial charge in [-0.2, -0.15) is 0 Å². The lowest BCUT2D eigenvalue weighted by atomic mass is 9.82. The topological polar surface area (TPSA) is 0 Å². The second-order valence-electron chi connectivity index (χ2n) is 3.36. The van der Waals surface area contributed by atoms with Crippen molar-refractivity contribution in [1.29, 1.82) is 0 Å². The molecule has 0 aromatic carbocycles. The molecular formula is C9H9BrCl2S. The molecule has 0 nitrogen and oxygen atoms in total. The van der Waals surface area contributed by atoms with E-state index in [9.17, 15) is 0 Å². The van der Waals surface area contributed by atoms with Crippen molar-refractivity contribution in [1.82, 2.24) is 0 Å². The molecule has 2 rings (SSSR count). The minimum atomic E-state index is 0.169. The van der Waals surface area contributed by atoms with Crippen molar-refractivity contribution in [2.24, 2.45) is 5.92 Å². The number of rotatable bonds is 2. The van der Waals surface area contributed by atoms with E-state index in [1.165, 1.54) is 24.1 Å². The van der Waals surface area contributed by atoms with Gasteiger partial charge in [-0.05, 0) is 40.8 Å². The maximum atomic E-state index is 6.32. The van der Waals surface area contributed by atoms with Crippen LogP contribution < -0.4 is 0 Å². The normalized spacial score (nSPS) is 19.9. The summed E-state index contributed by atoms with van der Waals surface area (Å²) < 4.78 is 1.78. The zero-order valence-corrected chi connectivity index (χ0v) is 10.8. The Balaban J connectivity index is 2.14. The van der Waals surface area contributed by atoms with E-state index in [0.717, 1.165) is 8.81 Å². The molecular weight excluding hydrogens is 291 g/mol. The Labute approximate surface area is 100 Å². The minimum absolute atomic E-state index is 0.169. The highest BCUT2D eigenvalue weighted by molar-refractivity contribution is 9.10. The first-order valence-electron chi connectivity index (χ1n) is 4.27. The second kappa shape index (κ2) is 4.09. The van der Waals surface area contributed by atoms with Crippen molar-refractivity contribution in [3.8, 4) is 0 Å². The first-order chi connectivity index (χ1) is 6.18. The predicted molar refractivity (Wildman–Crippen MR) is 63.0 cm³/mol. The SMILES string of the molecule is Clc1sc(C(Cl)C2CCC2)cc1Br. The molecule has 0 amide bonds. The van der Waals surface area contributed by atoms with Crippen molar-refractivity contribution in [2.75, 3.05) is 0 Å². The number of alkyl halides is 1. The third-order valence-electron chi connectivity index (χ3n) is 2.50. The Kier molecular flexibility index (Phi) is 3.24. The van der Waals surface area contributed by atoms with Gasteiger partial charge in [0.15, 0.2) is 0 Å². The summed E-state index contributed by atoms with van der Waals surface area (Å²) in [4.78, 5) is 1.20. The van der Waals surface area contributed by atoms with Crippen LogP contribution in [0, 0.1) is 5.92 Å². The summed E-state index contributed by atoms with van der Waals surface area (Å²) >= 11 is 17.3. The van der Waals surface area contributed by atoms with Gasteiger partial charge in [0.1, 0.15) is 4.34 Å². The molecule has 1 heterocycles. The zero-order valence-electron chi connectivity index (χ0n) is 6.90. The van der Waals surface area contributed by atoms with Crippen molar-refractivity contribution in [3.63, 3.8) is 0 Å². The summed E-state index contributed by atoms with van der Waals surface area (Å²) in [5, 5.41) is 0.169. The number of halogens is 3. The van der Waals surface area contributed by atoms with Crippen LogP contribution in [0.2, 0.25) is 4.34 Å². The third kappa shape index (κ3) is 2.06. The van der Waals surface area contributed by atoms with Crippen LogP contribution in [-0.4, -0.2) is 0 Å². The fraction of sp³-hybridized carbons (Fsp3) is 0.556. The molecule has 72 valence electrons. The molecule has 1 atom stereocenters. The van der Waals surface area contributed by atoms with E-state index in [4.69, 9.17) is 23.2 Å². The van der Waals surface area contributed by atoms with Gasteiger partial charge in [0.2, 0.25) is 0 Å². The summed E-state index contributed by atoms with van der Waals surface area (Å²) in [6.45, 7) is 0. The maximum absolute atomic E-state index is 6.32. The van der Waals surface area contributed by atoms with Gasteiger partial charge >= 0.3 is 0 Å². The number of hydrogen-bond donors (Lipinski definition) is 0. The predicted octanol–water partition coefficient (Wildman–Crippen LogP) is 5.24. The molecule has 0 radical (unpaired) electrons. The lowest BCUT2D eigenvalue weighted by Gasteiger charge is -2.29. The molecule has 1 aliphatic rings. The summed E-state index contributed by atoms with van der Waals surface area (Å²) in [6, 6.07) is 2.04. The van der Waals surface area contributed by atoms with Crippen LogP contribution in [0.3, 0.4) is 0 Å². The van der Waals surface area contributed by atoms with E-state index >= 15 is 0 Å². The van der Waals surface area contributed by atoms with Crippen molar-refractivity contribution in [3.05, 3.63) is 19.8 Å². The van der Waals surface area contributed by atoms with E-state index in [2.05, 4.69) is 15.9 Å². The van der Waals surface area contributed by atoms with Crippen LogP contribution in [0.5, 0.6) is 0 Å². The summed E-state index contributed by atoms with van der Waals surface area (Å²) in [5.74, 6) is 0.670. The fourth-order valence-corrected chi connectivity index (χ4v) is 3.72. The highest BCUT2D eigenvalue weighted by Gasteiger charge is 2.28. The number of hydrogen-bond acceptors (Lipinski definition) is 1. The Bertz CT molecular complexity index is 287. The third-order valence-corrected chi connectivity index (χ3v) is 5.78. The molecule has 0 aliphatic heterocycles. The lowest BCUT2D eigenvalue weighted by Crippen LogP contribution is -2.15. The van der Waals surface area contributed by atoms with Crippen LogP contribution in [0.4, 0.5) is 0 Å².